The summed E-state index contributed by atoms with van der Waals surface area (Å²) in [5.41, 5.74) is 0.394. The lowest BCUT2D eigenvalue weighted by Crippen LogP contribution is -2.52. The van der Waals surface area contributed by atoms with Gasteiger partial charge in [0.1, 0.15) is 11.5 Å². The van der Waals surface area contributed by atoms with Crippen molar-refractivity contribution in [3.63, 3.8) is 0 Å². The fourth-order valence-corrected chi connectivity index (χ4v) is 2.79. The van der Waals surface area contributed by atoms with Gasteiger partial charge >= 0.3 is 0 Å². The number of aryl methyl sites for hydroxylation is 1. The summed E-state index contributed by atoms with van der Waals surface area (Å²) in [5.74, 6) is 2.05. The second-order valence-electron chi connectivity index (χ2n) is 6.31. The average molecular weight is 250 g/mol. The molecule has 2 rings (SSSR count). The lowest BCUT2D eigenvalue weighted by molar-refractivity contribution is 0.132. The van der Waals surface area contributed by atoms with Gasteiger partial charge in [-0.25, -0.2) is 0 Å². The van der Waals surface area contributed by atoms with Crippen molar-refractivity contribution >= 4 is 0 Å². The molecule has 1 fully saturated rings. The van der Waals surface area contributed by atoms with Crippen LogP contribution in [-0.4, -0.2) is 31.1 Å². The van der Waals surface area contributed by atoms with Crippen LogP contribution in [0.15, 0.2) is 16.5 Å². The van der Waals surface area contributed by atoms with Gasteiger partial charge < -0.3 is 9.73 Å². The van der Waals surface area contributed by atoms with Gasteiger partial charge in [-0.05, 0) is 50.9 Å². The van der Waals surface area contributed by atoms with Crippen molar-refractivity contribution in [2.45, 2.75) is 46.2 Å². The van der Waals surface area contributed by atoms with Crippen LogP contribution in [-0.2, 0) is 6.54 Å². The van der Waals surface area contributed by atoms with Crippen LogP contribution in [0.25, 0.3) is 0 Å². The zero-order valence-corrected chi connectivity index (χ0v) is 12.1. The first-order valence-electron chi connectivity index (χ1n) is 6.94. The standard InChI is InChI=1S/C15H26N2O/c1-12-6-7-13(18-12)10-17(4)11-14-15(2,3)8-5-9-16-14/h6-7,14,16H,5,8-11H2,1-4H3. The number of rotatable bonds is 4. The first-order valence-corrected chi connectivity index (χ1v) is 6.94. The number of hydrogen-bond donors (Lipinski definition) is 1. The quantitative estimate of drug-likeness (QED) is 0.890. The molecule has 0 spiro atoms. The highest BCUT2D eigenvalue weighted by atomic mass is 16.3. The molecule has 1 saturated heterocycles. The molecule has 0 aliphatic carbocycles. The van der Waals surface area contributed by atoms with Gasteiger partial charge in [0.2, 0.25) is 0 Å². The fraction of sp³-hybridized carbons (Fsp3) is 0.733. The first-order chi connectivity index (χ1) is 8.47. The summed E-state index contributed by atoms with van der Waals surface area (Å²) in [7, 11) is 2.17. The van der Waals surface area contributed by atoms with E-state index in [2.05, 4.69) is 37.2 Å². The Hall–Kier alpha value is -0.800. The van der Waals surface area contributed by atoms with Gasteiger partial charge in [0.05, 0.1) is 6.54 Å². The Morgan fingerprint density at radius 1 is 1.44 bits per heavy atom. The van der Waals surface area contributed by atoms with Gasteiger partial charge in [0, 0.05) is 12.6 Å². The third kappa shape index (κ3) is 3.36. The highest BCUT2D eigenvalue weighted by molar-refractivity contribution is 5.05. The molecule has 3 nitrogen and oxygen atoms in total. The smallest absolute Gasteiger partial charge is 0.118 e. The van der Waals surface area contributed by atoms with Crippen LogP contribution < -0.4 is 5.32 Å². The maximum atomic E-state index is 5.63. The Balaban J connectivity index is 1.88. The molecule has 1 aliphatic heterocycles. The molecule has 18 heavy (non-hydrogen) atoms. The second-order valence-corrected chi connectivity index (χ2v) is 6.31. The van der Waals surface area contributed by atoms with Crippen LogP contribution in [0.3, 0.4) is 0 Å². The van der Waals surface area contributed by atoms with Crippen molar-refractivity contribution in [2.24, 2.45) is 5.41 Å². The van der Waals surface area contributed by atoms with Crippen molar-refractivity contribution < 1.29 is 4.42 Å². The van der Waals surface area contributed by atoms with Gasteiger partial charge in [0.15, 0.2) is 0 Å². The highest BCUT2D eigenvalue weighted by Gasteiger charge is 2.32. The summed E-state index contributed by atoms with van der Waals surface area (Å²) in [4.78, 5) is 2.35. The summed E-state index contributed by atoms with van der Waals surface area (Å²) in [5, 5.41) is 3.66. The van der Waals surface area contributed by atoms with Crippen LogP contribution in [0.1, 0.15) is 38.2 Å². The Morgan fingerprint density at radius 3 is 2.83 bits per heavy atom. The molecule has 1 aliphatic rings. The number of hydrogen-bond acceptors (Lipinski definition) is 3. The average Bonchev–Trinajstić information content (AvgIpc) is 2.67. The molecule has 0 amide bonds. The van der Waals surface area contributed by atoms with Crippen molar-refractivity contribution in [1.82, 2.24) is 10.2 Å². The summed E-state index contributed by atoms with van der Waals surface area (Å²) >= 11 is 0. The topological polar surface area (TPSA) is 28.4 Å². The summed E-state index contributed by atoms with van der Waals surface area (Å²) < 4.78 is 5.63. The van der Waals surface area contributed by atoms with E-state index in [1.165, 1.54) is 12.8 Å². The van der Waals surface area contributed by atoms with Crippen LogP contribution in [0.2, 0.25) is 0 Å². The number of likely N-dealkylation sites (N-methyl/N-ethyl adjacent to an activating group) is 1. The van der Waals surface area contributed by atoms with E-state index in [1.54, 1.807) is 0 Å². The predicted molar refractivity (Wildman–Crippen MR) is 74.6 cm³/mol. The molecule has 1 unspecified atom stereocenters. The summed E-state index contributed by atoms with van der Waals surface area (Å²) in [6.45, 7) is 9.86. The fourth-order valence-electron chi connectivity index (χ4n) is 2.79. The Bertz CT molecular complexity index is 384. The Kier molecular flexibility index (Phi) is 4.13. The SMILES string of the molecule is Cc1ccc(CN(C)CC2NCCCC2(C)C)o1. The predicted octanol–water partition coefficient (Wildman–Crippen LogP) is 2.80. The van der Waals surface area contributed by atoms with Crippen molar-refractivity contribution in [3.05, 3.63) is 23.7 Å². The summed E-state index contributed by atoms with van der Waals surface area (Å²) in [6, 6.07) is 4.68. The third-order valence-corrected chi connectivity index (χ3v) is 4.05. The molecule has 1 aromatic heterocycles. The molecular formula is C15H26N2O. The van der Waals surface area contributed by atoms with Crippen LogP contribution in [0.4, 0.5) is 0 Å². The third-order valence-electron chi connectivity index (χ3n) is 4.05. The monoisotopic (exact) mass is 250 g/mol. The number of nitrogens with one attached hydrogen (secondary N) is 1. The molecule has 0 bridgehead atoms. The maximum Gasteiger partial charge on any atom is 0.118 e. The van der Waals surface area contributed by atoms with E-state index in [-0.39, 0.29) is 0 Å². The minimum Gasteiger partial charge on any atom is -0.465 e. The molecule has 102 valence electrons. The lowest BCUT2D eigenvalue weighted by atomic mass is 9.77. The van der Waals surface area contributed by atoms with Gasteiger partial charge in [0.25, 0.3) is 0 Å². The minimum absolute atomic E-state index is 0.394. The van der Waals surface area contributed by atoms with E-state index in [0.717, 1.165) is 31.2 Å². The number of nitrogens with zero attached hydrogens (tertiary/aromatic N) is 1. The first kappa shape index (κ1) is 13.6. The van der Waals surface area contributed by atoms with Gasteiger partial charge in [-0.15, -0.1) is 0 Å². The van der Waals surface area contributed by atoms with Crippen molar-refractivity contribution in [1.29, 1.82) is 0 Å². The maximum absolute atomic E-state index is 5.63. The molecule has 2 heterocycles. The van der Waals surface area contributed by atoms with Gasteiger partial charge in [-0.1, -0.05) is 13.8 Å². The van der Waals surface area contributed by atoms with E-state index in [9.17, 15) is 0 Å². The highest BCUT2D eigenvalue weighted by Crippen LogP contribution is 2.30. The van der Waals surface area contributed by atoms with Crippen molar-refractivity contribution in [3.8, 4) is 0 Å². The molecule has 1 atom stereocenters. The van der Waals surface area contributed by atoms with Crippen LogP contribution >= 0.6 is 0 Å². The normalized spacial score (nSPS) is 23.5. The lowest BCUT2D eigenvalue weighted by Gasteiger charge is -2.41. The van der Waals surface area contributed by atoms with Gasteiger partial charge in [-0.2, -0.15) is 0 Å². The number of furan rings is 1. The van der Waals surface area contributed by atoms with E-state index < -0.39 is 0 Å². The van der Waals surface area contributed by atoms with Gasteiger partial charge in [-0.3, -0.25) is 4.90 Å². The van der Waals surface area contributed by atoms with Crippen LogP contribution in [0, 0.1) is 12.3 Å². The molecule has 1 aromatic rings. The number of piperidine rings is 1. The largest absolute Gasteiger partial charge is 0.465 e. The van der Waals surface area contributed by atoms with Crippen LogP contribution in [0.5, 0.6) is 0 Å². The molecular weight excluding hydrogens is 224 g/mol. The zero-order valence-electron chi connectivity index (χ0n) is 12.1. The molecule has 0 aromatic carbocycles. The Labute approximate surface area is 111 Å². The molecule has 0 radical (unpaired) electrons. The summed E-state index contributed by atoms with van der Waals surface area (Å²) in [6.07, 6.45) is 2.61. The Morgan fingerprint density at radius 2 is 2.22 bits per heavy atom. The zero-order chi connectivity index (χ0) is 13.2. The molecule has 0 saturated carbocycles. The minimum atomic E-state index is 0.394. The molecule has 1 N–H and O–H groups in total. The second kappa shape index (κ2) is 5.45. The van der Waals surface area contributed by atoms with E-state index >= 15 is 0 Å². The van der Waals surface area contributed by atoms with Crippen molar-refractivity contribution in [2.75, 3.05) is 20.1 Å². The van der Waals surface area contributed by atoms with E-state index in [4.69, 9.17) is 4.42 Å². The molecule has 3 heteroatoms. The van der Waals surface area contributed by atoms with E-state index in [1.807, 2.05) is 13.0 Å². The van der Waals surface area contributed by atoms with E-state index in [0.29, 0.717) is 11.5 Å².